The molecule has 0 atom stereocenters. The summed E-state index contributed by atoms with van der Waals surface area (Å²) < 4.78 is 37.8. The van der Waals surface area contributed by atoms with Crippen LogP contribution in [0.2, 0.25) is 0 Å². The summed E-state index contributed by atoms with van der Waals surface area (Å²) in [6.07, 6.45) is -3.58. The topological polar surface area (TPSA) is 55.1 Å². The first kappa shape index (κ1) is 15.7. The van der Waals surface area contributed by atoms with Gasteiger partial charge in [-0.1, -0.05) is 6.07 Å². The van der Waals surface area contributed by atoms with Crippen LogP contribution in [0.1, 0.15) is 31.2 Å². The van der Waals surface area contributed by atoms with Gasteiger partial charge in [0.15, 0.2) is 0 Å². The van der Waals surface area contributed by atoms with Gasteiger partial charge in [-0.2, -0.15) is 13.2 Å². The van der Waals surface area contributed by atoms with Crippen molar-refractivity contribution in [3.8, 4) is 0 Å². The van der Waals surface area contributed by atoms with E-state index in [9.17, 15) is 18.0 Å². The molecule has 21 heavy (non-hydrogen) atoms. The van der Waals surface area contributed by atoms with Crippen LogP contribution in [0.25, 0.3) is 0 Å². The Bertz CT molecular complexity index is 520. The predicted octanol–water partition coefficient (Wildman–Crippen LogP) is 3.88. The lowest BCUT2D eigenvalue weighted by Crippen LogP contribution is -2.32. The fraction of sp³-hybridized carbons (Fsp3) is 0.533. The maximum absolute atomic E-state index is 12.6. The van der Waals surface area contributed by atoms with E-state index in [0.29, 0.717) is 11.4 Å². The fourth-order valence-corrected chi connectivity index (χ4v) is 2.71. The van der Waals surface area contributed by atoms with E-state index in [4.69, 9.17) is 5.73 Å². The van der Waals surface area contributed by atoms with Crippen molar-refractivity contribution in [2.75, 3.05) is 11.1 Å². The smallest absolute Gasteiger partial charge is 0.391 e. The monoisotopic (exact) mass is 300 g/mol. The average Bonchev–Trinajstić information content (AvgIpc) is 2.41. The van der Waals surface area contributed by atoms with Crippen LogP contribution >= 0.6 is 0 Å². The molecule has 1 amide bonds. The first-order valence-electron chi connectivity index (χ1n) is 7.01. The number of amides is 1. The van der Waals surface area contributed by atoms with Gasteiger partial charge in [0.05, 0.1) is 17.3 Å². The summed E-state index contributed by atoms with van der Waals surface area (Å²) in [5.41, 5.74) is 7.78. The van der Waals surface area contributed by atoms with Crippen LogP contribution in [0.5, 0.6) is 0 Å². The number of nitrogens with one attached hydrogen (secondary N) is 1. The molecule has 1 fully saturated rings. The minimum absolute atomic E-state index is 0.0188. The summed E-state index contributed by atoms with van der Waals surface area (Å²) in [4.78, 5) is 12.1. The molecule has 1 saturated carbocycles. The van der Waals surface area contributed by atoms with Crippen molar-refractivity contribution in [2.45, 2.75) is 38.8 Å². The normalized spacial score (nSPS) is 22.9. The Hall–Kier alpha value is -1.72. The van der Waals surface area contributed by atoms with Gasteiger partial charge < -0.3 is 11.1 Å². The zero-order valence-corrected chi connectivity index (χ0v) is 11.8. The molecule has 6 heteroatoms. The minimum Gasteiger partial charge on any atom is -0.397 e. The number of nitrogens with two attached hydrogens (primary N) is 1. The lowest BCUT2D eigenvalue weighted by molar-refractivity contribution is -0.184. The third-order valence-corrected chi connectivity index (χ3v) is 4.03. The van der Waals surface area contributed by atoms with Gasteiger partial charge in [-0.05, 0) is 50.3 Å². The highest BCUT2D eigenvalue weighted by Gasteiger charge is 2.42. The Labute approximate surface area is 121 Å². The molecule has 116 valence electrons. The van der Waals surface area contributed by atoms with Crippen LogP contribution < -0.4 is 11.1 Å². The molecule has 3 nitrogen and oxygen atoms in total. The Balaban J connectivity index is 1.93. The molecule has 0 unspecified atom stereocenters. The third kappa shape index (κ3) is 3.89. The van der Waals surface area contributed by atoms with E-state index < -0.39 is 12.1 Å². The number of rotatable bonds is 2. The molecular weight excluding hydrogens is 281 g/mol. The third-order valence-electron chi connectivity index (χ3n) is 4.03. The van der Waals surface area contributed by atoms with Crippen molar-refractivity contribution in [2.24, 2.45) is 11.8 Å². The van der Waals surface area contributed by atoms with Gasteiger partial charge in [-0.15, -0.1) is 0 Å². The van der Waals surface area contributed by atoms with Gasteiger partial charge in [0.1, 0.15) is 0 Å². The van der Waals surface area contributed by atoms with Crippen LogP contribution in [-0.4, -0.2) is 12.1 Å². The predicted molar refractivity (Wildman–Crippen MR) is 75.7 cm³/mol. The summed E-state index contributed by atoms with van der Waals surface area (Å²) in [6, 6.07) is 5.28. The number of carbonyl (C=O) groups is 1. The number of nitrogen functional groups attached to an aromatic ring is 1. The molecule has 0 spiro atoms. The lowest BCUT2D eigenvalue weighted by Gasteiger charge is -2.29. The molecule has 1 aliphatic carbocycles. The number of alkyl halides is 3. The Morgan fingerprint density at radius 3 is 2.38 bits per heavy atom. The van der Waals surface area contributed by atoms with Gasteiger partial charge in [-0.3, -0.25) is 4.79 Å². The maximum Gasteiger partial charge on any atom is 0.391 e. The van der Waals surface area contributed by atoms with E-state index >= 15 is 0 Å². The van der Waals surface area contributed by atoms with E-state index in [1.807, 2.05) is 13.0 Å². The fourth-order valence-electron chi connectivity index (χ4n) is 2.71. The van der Waals surface area contributed by atoms with Crippen LogP contribution in [0.4, 0.5) is 24.5 Å². The highest BCUT2D eigenvalue weighted by Crippen LogP contribution is 2.39. The van der Waals surface area contributed by atoms with E-state index in [1.165, 1.54) is 0 Å². The van der Waals surface area contributed by atoms with Gasteiger partial charge in [0.2, 0.25) is 5.91 Å². The van der Waals surface area contributed by atoms with E-state index in [-0.39, 0.29) is 37.5 Å². The average molecular weight is 300 g/mol. The summed E-state index contributed by atoms with van der Waals surface area (Å²) in [5, 5.41) is 2.72. The quantitative estimate of drug-likeness (QED) is 0.814. The molecule has 0 aromatic heterocycles. The Morgan fingerprint density at radius 1 is 1.24 bits per heavy atom. The molecule has 0 aliphatic heterocycles. The van der Waals surface area contributed by atoms with Gasteiger partial charge in [0.25, 0.3) is 0 Å². The summed E-state index contributed by atoms with van der Waals surface area (Å²) in [5.74, 6) is -1.89. The van der Waals surface area contributed by atoms with Crippen LogP contribution in [0.3, 0.4) is 0 Å². The highest BCUT2D eigenvalue weighted by molar-refractivity contribution is 5.95. The van der Waals surface area contributed by atoms with Gasteiger partial charge >= 0.3 is 6.18 Å². The molecule has 0 saturated heterocycles. The van der Waals surface area contributed by atoms with Crippen molar-refractivity contribution < 1.29 is 18.0 Å². The molecule has 3 N–H and O–H groups in total. The molecule has 0 radical (unpaired) electrons. The second-order valence-corrected chi connectivity index (χ2v) is 5.67. The largest absolute Gasteiger partial charge is 0.397 e. The standard InChI is InChI=1S/C15H19F3N2O/c1-9-2-7-13(12(19)8-9)20-14(21)10-3-5-11(6-4-10)15(16,17)18/h2,7-8,10-11H,3-6,19H2,1H3,(H,20,21). The molecule has 1 aromatic carbocycles. The summed E-state index contributed by atoms with van der Waals surface area (Å²) in [6.45, 7) is 1.89. The zero-order valence-electron chi connectivity index (χ0n) is 11.8. The van der Waals surface area contributed by atoms with Crippen molar-refractivity contribution in [3.05, 3.63) is 23.8 Å². The molecule has 1 aromatic rings. The second kappa shape index (κ2) is 5.95. The van der Waals surface area contributed by atoms with Crippen LogP contribution in [0, 0.1) is 18.8 Å². The molecule has 2 rings (SSSR count). The number of anilines is 2. The van der Waals surface area contributed by atoms with E-state index in [0.717, 1.165) is 5.56 Å². The van der Waals surface area contributed by atoms with Crippen LogP contribution in [-0.2, 0) is 4.79 Å². The first-order valence-corrected chi connectivity index (χ1v) is 7.01. The first-order chi connectivity index (χ1) is 9.77. The number of hydrogen-bond donors (Lipinski definition) is 2. The highest BCUT2D eigenvalue weighted by atomic mass is 19.4. The summed E-state index contributed by atoms with van der Waals surface area (Å²) in [7, 11) is 0. The molecular formula is C15H19F3N2O. The lowest BCUT2D eigenvalue weighted by atomic mass is 9.81. The van der Waals surface area contributed by atoms with Crippen LogP contribution in [0.15, 0.2) is 18.2 Å². The van der Waals surface area contributed by atoms with Crippen molar-refractivity contribution in [1.82, 2.24) is 0 Å². The second-order valence-electron chi connectivity index (χ2n) is 5.67. The van der Waals surface area contributed by atoms with Gasteiger partial charge in [0, 0.05) is 5.92 Å². The Kier molecular flexibility index (Phi) is 4.44. The Morgan fingerprint density at radius 2 is 1.86 bits per heavy atom. The molecule has 0 heterocycles. The SMILES string of the molecule is Cc1ccc(NC(=O)C2CCC(C(F)(F)F)CC2)c(N)c1. The van der Waals surface area contributed by atoms with Crippen molar-refractivity contribution in [1.29, 1.82) is 0 Å². The summed E-state index contributed by atoms with van der Waals surface area (Å²) >= 11 is 0. The molecule has 0 bridgehead atoms. The number of hydrogen-bond acceptors (Lipinski definition) is 2. The number of carbonyl (C=O) groups excluding carboxylic acids is 1. The van der Waals surface area contributed by atoms with Crippen molar-refractivity contribution in [3.63, 3.8) is 0 Å². The van der Waals surface area contributed by atoms with E-state index in [1.54, 1.807) is 12.1 Å². The molecule has 1 aliphatic rings. The number of benzene rings is 1. The van der Waals surface area contributed by atoms with E-state index in [2.05, 4.69) is 5.32 Å². The number of aryl methyl sites for hydroxylation is 1. The maximum atomic E-state index is 12.6. The minimum atomic E-state index is -4.15. The van der Waals surface area contributed by atoms with Crippen molar-refractivity contribution >= 4 is 17.3 Å². The number of halogens is 3. The zero-order chi connectivity index (χ0) is 15.6. The van der Waals surface area contributed by atoms with Gasteiger partial charge in [-0.25, -0.2) is 0 Å².